The lowest BCUT2D eigenvalue weighted by molar-refractivity contribution is 0.663. The number of furan rings is 1. The SMILES string of the molecule is Cc1ccc2c(oc3ccccc32)c1N1c2cccnc2N(c2ccccc2)[C@@H]1C. The Labute approximate surface area is 175 Å². The van der Waals surface area contributed by atoms with Gasteiger partial charge in [-0.05, 0) is 49.7 Å². The van der Waals surface area contributed by atoms with Crippen molar-refractivity contribution in [3.8, 4) is 0 Å². The van der Waals surface area contributed by atoms with Gasteiger partial charge in [0.1, 0.15) is 11.7 Å². The van der Waals surface area contributed by atoms with Crippen LogP contribution in [0.2, 0.25) is 0 Å². The average Bonchev–Trinajstić information content (AvgIpc) is 3.29. The van der Waals surface area contributed by atoms with Crippen LogP contribution in [0.25, 0.3) is 21.9 Å². The molecular weight excluding hydrogens is 370 g/mol. The molecule has 0 unspecified atom stereocenters. The second-order valence-corrected chi connectivity index (χ2v) is 7.76. The van der Waals surface area contributed by atoms with Crippen molar-refractivity contribution in [2.24, 2.45) is 0 Å². The molecule has 0 amide bonds. The minimum Gasteiger partial charge on any atom is -0.454 e. The Hall–Kier alpha value is -3.79. The maximum atomic E-state index is 6.40. The number of aryl methyl sites for hydroxylation is 1. The lowest BCUT2D eigenvalue weighted by Crippen LogP contribution is -2.35. The summed E-state index contributed by atoms with van der Waals surface area (Å²) in [5.41, 5.74) is 6.33. The summed E-state index contributed by atoms with van der Waals surface area (Å²) in [5, 5.41) is 2.29. The normalized spacial score (nSPS) is 15.9. The summed E-state index contributed by atoms with van der Waals surface area (Å²) in [7, 11) is 0. The van der Waals surface area contributed by atoms with Crippen LogP contribution < -0.4 is 9.80 Å². The monoisotopic (exact) mass is 391 g/mol. The van der Waals surface area contributed by atoms with E-state index in [2.05, 4.69) is 78.2 Å². The highest BCUT2D eigenvalue weighted by atomic mass is 16.3. The van der Waals surface area contributed by atoms with Gasteiger partial charge in [0, 0.05) is 22.7 Å². The molecule has 0 radical (unpaired) electrons. The smallest absolute Gasteiger partial charge is 0.159 e. The molecule has 0 spiro atoms. The summed E-state index contributed by atoms with van der Waals surface area (Å²) in [5.74, 6) is 0.962. The summed E-state index contributed by atoms with van der Waals surface area (Å²) >= 11 is 0. The van der Waals surface area contributed by atoms with Crippen LogP contribution in [-0.2, 0) is 0 Å². The van der Waals surface area contributed by atoms with Gasteiger partial charge in [-0.2, -0.15) is 0 Å². The predicted octanol–water partition coefficient (Wildman–Crippen LogP) is 6.93. The molecule has 0 bridgehead atoms. The number of benzene rings is 3. The second kappa shape index (κ2) is 6.36. The molecule has 1 aliphatic heterocycles. The number of hydrogen-bond donors (Lipinski definition) is 0. The van der Waals surface area contributed by atoms with Crippen molar-refractivity contribution < 1.29 is 4.42 Å². The Bertz CT molecular complexity index is 1390. The van der Waals surface area contributed by atoms with E-state index in [-0.39, 0.29) is 6.17 Å². The van der Waals surface area contributed by atoms with E-state index >= 15 is 0 Å². The third kappa shape index (κ3) is 2.31. The molecule has 1 atom stereocenters. The highest BCUT2D eigenvalue weighted by Gasteiger charge is 2.37. The zero-order chi connectivity index (χ0) is 20.2. The Morgan fingerprint density at radius 1 is 0.800 bits per heavy atom. The number of rotatable bonds is 2. The molecule has 4 nitrogen and oxygen atoms in total. The standard InChI is InChI=1S/C26H21N3O/c1-17-14-15-21-20-11-6-7-13-23(20)30-25(21)24(17)29-18(2)28(19-9-4-3-5-10-19)26-22(29)12-8-16-27-26/h3-16,18H,1-2H3/t18-/m0/s1. The van der Waals surface area contributed by atoms with E-state index in [1.807, 2.05) is 30.5 Å². The van der Waals surface area contributed by atoms with Crippen LogP contribution >= 0.6 is 0 Å². The van der Waals surface area contributed by atoms with E-state index in [0.717, 1.165) is 44.8 Å². The number of aromatic nitrogens is 1. The number of anilines is 4. The van der Waals surface area contributed by atoms with Crippen LogP contribution in [0, 0.1) is 6.92 Å². The molecule has 5 aromatic rings. The molecule has 0 saturated heterocycles. The molecule has 1 aliphatic rings. The first kappa shape index (κ1) is 17.1. The Balaban J connectivity index is 1.63. The van der Waals surface area contributed by atoms with Crippen molar-refractivity contribution in [3.05, 3.63) is 90.6 Å². The quantitative estimate of drug-likeness (QED) is 0.327. The molecule has 3 aromatic carbocycles. The minimum absolute atomic E-state index is 0.0508. The van der Waals surface area contributed by atoms with Crippen molar-refractivity contribution >= 4 is 44.8 Å². The number of pyridine rings is 1. The minimum atomic E-state index is 0.0508. The molecule has 2 aromatic heterocycles. The van der Waals surface area contributed by atoms with Crippen LogP contribution in [0.1, 0.15) is 12.5 Å². The van der Waals surface area contributed by atoms with E-state index in [1.165, 1.54) is 5.56 Å². The van der Waals surface area contributed by atoms with E-state index in [4.69, 9.17) is 9.40 Å². The zero-order valence-corrected chi connectivity index (χ0v) is 16.9. The van der Waals surface area contributed by atoms with Gasteiger partial charge in [-0.25, -0.2) is 4.98 Å². The molecular formula is C26H21N3O. The van der Waals surface area contributed by atoms with Crippen LogP contribution in [-0.4, -0.2) is 11.1 Å². The van der Waals surface area contributed by atoms with Crippen molar-refractivity contribution in [2.45, 2.75) is 20.0 Å². The van der Waals surface area contributed by atoms with Gasteiger partial charge >= 0.3 is 0 Å². The lowest BCUT2D eigenvalue weighted by atomic mass is 10.1. The van der Waals surface area contributed by atoms with Crippen LogP contribution in [0.15, 0.2) is 89.5 Å². The molecule has 0 saturated carbocycles. The summed E-state index contributed by atoms with van der Waals surface area (Å²) < 4.78 is 6.40. The summed E-state index contributed by atoms with van der Waals surface area (Å²) in [4.78, 5) is 9.39. The first-order valence-corrected chi connectivity index (χ1v) is 10.2. The van der Waals surface area contributed by atoms with Gasteiger partial charge in [-0.15, -0.1) is 0 Å². The van der Waals surface area contributed by atoms with Crippen molar-refractivity contribution in [3.63, 3.8) is 0 Å². The van der Waals surface area contributed by atoms with Gasteiger partial charge in [0.25, 0.3) is 0 Å². The largest absolute Gasteiger partial charge is 0.454 e. The highest BCUT2D eigenvalue weighted by Crippen LogP contribution is 2.49. The Morgan fingerprint density at radius 3 is 2.47 bits per heavy atom. The Morgan fingerprint density at radius 2 is 1.60 bits per heavy atom. The van der Waals surface area contributed by atoms with Gasteiger partial charge in [0.2, 0.25) is 0 Å². The van der Waals surface area contributed by atoms with Crippen molar-refractivity contribution in [1.29, 1.82) is 0 Å². The lowest BCUT2D eigenvalue weighted by Gasteiger charge is -2.30. The van der Waals surface area contributed by atoms with Crippen molar-refractivity contribution in [1.82, 2.24) is 4.98 Å². The average molecular weight is 391 g/mol. The van der Waals surface area contributed by atoms with E-state index in [9.17, 15) is 0 Å². The van der Waals surface area contributed by atoms with Gasteiger partial charge in [0.05, 0.1) is 11.4 Å². The van der Waals surface area contributed by atoms with E-state index < -0.39 is 0 Å². The molecule has 6 rings (SSSR count). The van der Waals surface area contributed by atoms with Gasteiger partial charge in [0.15, 0.2) is 11.4 Å². The predicted molar refractivity (Wildman–Crippen MR) is 123 cm³/mol. The van der Waals surface area contributed by atoms with E-state index in [1.54, 1.807) is 0 Å². The maximum absolute atomic E-state index is 6.40. The fourth-order valence-electron chi connectivity index (χ4n) is 4.66. The second-order valence-electron chi connectivity index (χ2n) is 7.76. The molecule has 0 fully saturated rings. The fourth-order valence-corrected chi connectivity index (χ4v) is 4.66. The maximum Gasteiger partial charge on any atom is 0.159 e. The van der Waals surface area contributed by atoms with Gasteiger partial charge in [-0.3, -0.25) is 0 Å². The third-order valence-corrected chi connectivity index (χ3v) is 6.00. The third-order valence-electron chi connectivity index (χ3n) is 6.00. The summed E-state index contributed by atoms with van der Waals surface area (Å²) in [6, 6.07) is 27.2. The van der Waals surface area contributed by atoms with E-state index in [0.29, 0.717) is 0 Å². The number of hydrogen-bond acceptors (Lipinski definition) is 4. The van der Waals surface area contributed by atoms with Gasteiger partial charge < -0.3 is 14.2 Å². The molecule has 4 heteroatoms. The van der Waals surface area contributed by atoms with Crippen LogP contribution in [0.4, 0.5) is 22.9 Å². The number of para-hydroxylation sites is 2. The number of fused-ring (bicyclic) bond motifs is 4. The van der Waals surface area contributed by atoms with Crippen molar-refractivity contribution in [2.75, 3.05) is 9.80 Å². The zero-order valence-electron chi connectivity index (χ0n) is 16.9. The first-order valence-electron chi connectivity index (χ1n) is 10.2. The number of nitrogens with zero attached hydrogens (tertiary/aromatic N) is 3. The first-order chi connectivity index (χ1) is 14.7. The highest BCUT2D eigenvalue weighted by molar-refractivity contribution is 6.10. The molecule has 3 heterocycles. The molecule has 0 aliphatic carbocycles. The summed E-state index contributed by atoms with van der Waals surface area (Å²) in [6.07, 6.45) is 1.91. The fraction of sp³-hybridized carbons (Fsp3) is 0.115. The van der Waals surface area contributed by atoms with Crippen LogP contribution in [0.3, 0.4) is 0 Å². The summed E-state index contributed by atoms with van der Waals surface area (Å²) in [6.45, 7) is 4.37. The molecule has 146 valence electrons. The Kier molecular flexibility index (Phi) is 3.62. The topological polar surface area (TPSA) is 32.5 Å². The molecule has 30 heavy (non-hydrogen) atoms. The molecule has 0 N–H and O–H groups in total. The van der Waals surface area contributed by atoms with Gasteiger partial charge in [-0.1, -0.05) is 48.5 Å². The van der Waals surface area contributed by atoms with Crippen LogP contribution in [0.5, 0.6) is 0 Å².